The molecule has 30 heavy (non-hydrogen) atoms. The minimum atomic E-state index is -3.61. The third-order valence-corrected chi connectivity index (χ3v) is 5.52. The van der Waals surface area contributed by atoms with E-state index in [1.807, 2.05) is 32.0 Å². The highest BCUT2D eigenvalue weighted by Crippen LogP contribution is 2.21. The summed E-state index contributed by atoms with van der Waals surface area (Å²) in [6, 6.07) is 13.8. The van der Waals surface area contributed by atoms with Gasteiger partial charge in [-0.1, -0.05) is 6.07 Å². The maximum atomic E-state index is 12.5. The van der Waals surface area contributed by atoms with Crippen LogP contribution in [-0.4, -0.2) is 43.3 Å². The van der Waals surface area contributed by atoms with Gasteiger partial charge in [0.25, 0.3) is 0 Å². The second-order valence-corrected chi connectivity index (χ2v) is 8.10. The van der Waals surface area contributed by atoms with Gasteiger partial charge in [-0.15, -0.1) is 10.2 Å². The van der Waals surface area contributed by atoms with Crippen LogP contribution in [0.2, 0.25) is 0 Å². The Morgan fingerprint density at radius 1 is 0.967 bits per heavy atom. The van der Waals surface area contributed by atoms with E-state index in [2.05, 4.69) is 30.5 Å². The van der Waals surface area contributed by atoms with E-state index in [0.717, 1.165) is 5.56 Å². The normalized spacial score (nSPS) is 11.1. The number of sulfonamides is 1. The summed E-state index contributed by atoms with van der Waals surface area (Å²) in [6.07, 6.45) is 1.68. The molecule has 0 bridgehead atoms. The number of ether oxygens (including phenoxy) is 1. The summed E-state index contributed by atoms with van der Waals surface area (Å²) in [5.41, 5.74) is 0.771. The Balaban J connectivity index is 1.48. The van der Waals surface area contributed by atoms with Gasteiger partial charge in [0.05, 0.1) is 11.5 Å². The van der Waals surface area contributed by atoms with E-state index in [0.29, 0.717) is 36.4 Å². The molecule has 10 heteroatoms. The number of aryl methyl sites for hydroxylation is 1. The lowest BCUT2D eigenvalue weighted by Crippen LogP contribution is -2.29. The second kappa shape index (κ2) is 9.99. The van der Waals surface area contributed by atoms with E-state index in [4.69, 9.17) is 4.74 Å². The van der Waals surface area contributed by atoms with Gasteiger partial charge in [-0.3, -0.25) is 0 Å². The lowest BCUT2D eigenvalue weighted by Gasteiger charge is -2.11. The Kier molecular flexibility index (Phi) is 7.15. The average Bonchev–Trinajstić information content (AvgIpc) is 2.75. The molecule has 0 spiro atoms. The minimum absolute atomic E-state index is 0.199. The number of hydrogen-bond acceptors (Lipinski definition) is 8. The summed E-state index contributed by atoms with van der Waals surface area (Å²) in [5.74, 6) is 2.45. The zero-order chi connectivity index (χ0) is 21.4. The van der Waals surface area contributed by atoms with E-state index >= 15 is 0 Å². The first-order valence-electron chi connectivity index (χ1n) is 9.47. The molecule has 3 rings (SSSR count). The molecule has 0 aliphatic carbocycles. The smallest absolute Gasteiger partial charge is 0.240 e. The van der Waals surface area contributed by atoms with Gasteiger partial charge in [-0.25, -0.2) is 18.1 Å². The van der Waals surface area contributed by atoms with Gasteiger partial charge in [-0.05, 0) is 61.9 Å². The van der Waals surface area contributed by atoms with Gasteiger partial charge in [0.2, 0.25) is 10.0 Å². The molecule has 0 amide bonds. The second-order valence-electron chi connectivity index (χ2n) is 6.33. The van der Waals surface area contributed by atoms with Crippen LogP contribution >= 0.6 is 0 Å². The number of pyridine rings is 1. The molecule has 0 aliphatic heterocycles. The Morgan fingerprint density at radius 3 is 2.43 bits per heavy atom. The number of aromatic nitrogens is 3. The molecule has 0 unspecified atom stereocenters. The number of nitrogens with one attached hydrogen (secondary N) is 3. The highest BCUT2D eigenvalue weighted by Gasteiger charge is 2.15. The molecule has 2 aromatic heterocycles. The topological polar surface area (TPSA) is 118 Å². The first-order chi connectivity index (χ1) is 14.5. The number of rotatable bonds is 10. The fourth-order valence-corrected chi connectivity index (χ4v) is 3.74. The number of benzene rings is 1. The van der Waals surface area contributed by atoms with Crippen molar-refractivity contribution in [3.63, 3.8) is 0 Å². The summed E-state index contributed by atoms with van der Waals surface area (Å²) >= 11 is 0. The molecule has 0 fully saturated rings. The molecule has 0 saturated heterocycles. The Bertz CT molecular complexity index is 1060. The maximum Gasteiger partial charge on any atom is 0.240 e. The van der Waals surface area contributed by atoms with E-state index in [-0.39, 0.29) is 11.4 Å². The van der Waals surface area contributed by atoms with E-state index < -0.39 is 10.0 Å². The van der Waals surface area contributed by atoms with Crippen molar-refractivity contribution in [2.45, 2.75) is 18.7 Å². The summed E-state index contributed by atoms with van der Waals surface area (Å²) in [6.45, 7) is 4.78. The summed E-state index contributed by atoms with van der Waals surface area (Å²) in [4.78, 5) is 4.36. The first-order valence-corrected chi connectivity index (χ1v) is 10.9. The Morgan fingerprint density at radius 2 is 1.77 bits per heavy atom. The molecule has 3 aromatic rings. The van der Waals surface area contributed by atoms with Crippen LogP contribution in [0.4, 0.5) is 17.5 Å². The summed E-state index contributed by atoms with van der Waals surface area (Å²) in [5, 5.41) is 14.2. The average molecular weight is 429 g/mol. The van der Waals surface area contributed by atoms with Crippen LogP contribution in [0.5, 0.6) is 5.75 Å². The third-order valence-electron chi connectivity index (χ3n) is 4.07. The molecule has 3 N–H and O–H groups in total. The van der Waals surface area contributed by atoms with Crippen molar-refractivity contribution in [2.75, 3.05) is 30.3 Å². The molecule has 0 aliphatic rings. The van der Waals surface area contributed by atoms with Crippen molar-refractivity contribution < 1.29 is 13.2 Å². The van der Waals surface area contributed by atoms with Crippen molar-refractivity contribution in [1.29, 1.82) is 0 Å². The van der Waals surface area contributed by atoms with Crippen LogP contribution in [0.15, 0.2) is 59.6 Å². The molecule has 0 saturated carbocycles. The predicted molar refractivity (Wildman–Crippen MR) is 116 cm³/mol. The van der Waals surface area contributed by atoms with Crippen LogP contribution in [0.1, 0.15) is 12.5 Å². The molecule has 2 heterocycles. The quantitative estimate of drug-likeness (QED) is 0.422. The van der Waals surface area contributed by atoms with Crippen molar-refractivity contribution in [2.24, 2.45) is 0 Å². The molecular weight excluding hydrogens is 404 g/mol. The van der Waals surface area contributed by atoms with E-state index in [1.165, 1.54) is 6.07 Å². The van der Waals surface area contributed by atoms with Gasteiger partial charge in [0, 0.05) is 19.3 Å². The number of anilines is 3. The van der Waals surface area contributed by atoms with Crippen LogP contribution in [-0.2, 0) is 10.0 Å². The molecule has 9 nitrogen and oxygen atoms in total. The highest BCUT2D eigenvalue weighted by molar-refractivity contribution is 7.89. The lowest BCUT2D eigenvalue weighted by atomic mass is 10.2. The summed E-state index contributed by atoms with van der Waals surface area (Å²) in [7, 11) is -3.61. The van der Waals surface area contributed by atoms with Gasteiger partial charge < -0.3 is 15.4 Å². The van der Waals surface area contributed by atoms with Gasteiger partial charge in [-0.2, -0.15) is 0 Å². The van der Waals surface area contributed by atoms with Crippen molar-refractivity contribution in [1.82, 2.24) is 19.9 Å². The number of hydrogen-bond donors (Lipinski definition) is 3. The monoisotopic (exact) mass is 428 g/mol. The van der Waals surface area contributed by atoms with Crippen molar-refractivity contribution >= 4 is 27.5 Å². The third kappa shape index (κ3) is 5.88. The van der Waals surface area contributed by atoms with Gasteiger partial charge >= 0.3 is 0 Å². The molecule has 1 aromatic carbocycles. The van der Waals surface area contributed by atoms with E-state index in [9.17, 15) is 8.42 Å². The van der Waals surface area contributed by atoms with Crippen molar-refractivity contribution in [3.05, 3.63) is 60.3 Å². The predicted octanol–water partition coefficient (Wildman–Crippen LogP) is 2.71. The van der Waals surface area contributed by atoms with Gasteiger partial charge in [0.1, 0.15) is 17.4 Å². The molecule has 0 radical (unpaired) electrons. The first kappa shape index (κ1) is 21.5. The van der Waals surface area contributed by atoms with Crippen LogP contribution in [0, 0.1) is 6.92 Å². The Labute approximate surface area is 176 Å². The van der Waals surface area contributed by atoms with Crippen LogP contribution in [0.3, 0.4) is 0 Å². The fourth-order valence-electron chi connectivity index (χ4n) is 2.63. The number of nitrogens with zero attached hydrogens (tertiary/aromatic N) is 3. The van der Waals surface area contributed by atoms with Crippen LogP contribution < -0.4 is 20.1 Å². The van der Waals surface area contributed by atoms with Crippen molar-refractivity contribution in [3.8, 4) is 5.75 Å². The largest absolute Gasteiger partial charge is 0.494 e. The zero-order valence-electron chi connectivity index (χ0n) is 16.8. The Hall–Kier alpha value is -3.24. The van der Waals surface area contributed by atoms with Crippen LogP contribution in [0.25, 0.3) is 0 Å². The molecular formula is C20H24N6O3S. The standard InChI is InChI=1S/C20H24N6O3S/c1-3-29-17-8-7-16(14-15(17)2)30(27,28)23-13-12-22-19-9-10-20(26-25-19)24-18-6-4-5-11-21-18/h4-11,14,23H,3,12-13H2,1-2H3,(H,22,25)(H,21,24,26). The van der Waals surface area contributed by atoms with E-state index in [1.54, 1.807) is 30.5 Å². The SMILES string of the molecule is CCOc1ccc(S(=O)(=O)NCCNc2ccc(Nc3ccccn3)nn2)cc1C. The fraction of sp³-hybridized carbons (Fsp3) is 0.250. The minimum Gasteiger partial charge on any atom is -0.494 e. The van der Waals surface area contributed by atoms with Gasteiger partial charge in [0.15, 0.2) is 5.82 Å². The highest BCUT2D eigenvalue weighted by atomic mass is 32.2. The zero-order valence-corrected chi connectivity index (χ0v) is 17.6. The molecule has 158 valence electrons. The summed E-state index contributed by atoms with van der Waals surface area (Å²) < 4.78 is 32.9. The molecule has 0 atom stereocenters. The lowest BCUT2D eigenvalue weighted by molar-refractivity contribution is 0.337. The maximum absolute atomic E-state index is 12.5.